The minimum absolute atomic E-state index is 0.102. The van der Waals surface area contributed by atoms with Crippen LogP contribution in [-0.4, -0.2) is 79.8 Å². The van der Waals surface area contributed by atoms with Crippen LogP contribution in [0.15, 0.2) is 42.5 Å². The Morgan fingerprint density at radius 3 is 2.42 bits per heavy atom. The summed E-state index contributed by atoms with van der Waals surface area (Å²) in [6, 6.07) is 8.90. The van der Waals surface area contributed by atoms with Crippen molar-refractivity contribution in [1.82, 2.24) is 9.80 Å². The summed E-state index contributed by atoms with van der Waals surface area (Å²) in [5, 5.41) is 12.4. The highest BCUT2D eigenvalue weighted by Gasteiger charge is 2.32. The van der Waals surface area contributed by atoms with E-state index in [9.17, 15) is 27.9 Å². The second-order valence-electron chi connectivity index (χ2n) is 9.96. The highest BCUT2D eigenvalue weighted by atomic mass is 19.4. The number of hydrogen-bond donors (Lipinski definition) is 2. The lowest BCUT2D eigenvalue weighted by atomic mass is 10.0. The first-order valence-corrected chi connectivity index (χ1v) is 12.4. The molecule has 0 spiro atoms. The normalized spacial score (nSPS) is 18.9. The molecule has 0 saturated carbocycles. The molecule has 0 saturated heterocycles. The number of nitrogens with zero attached hydrogens (tertiary/aromatic N) is 3. The molecule has 0 aromatic heterocycles. The summed E-state index contributed by atoms with van der Waals surface area (Å²) in [6.07, 6.45) is -4.87. The average Bonchev–Trinajstić information content (AvgIpc) is 2.90. The van der Waals surface area contributed by atoms with Crippen molar-refractivity contribution in [1.29, 1.82) is 0 Å². The summed E-state index contributed by atoms with van der Waals surface area (Å²) in [5.74, 6) is 0.192. The van der Waals surface area contributed by atoms with E-state index in [-0.39, 0.29) is 37.1 Å². The van der Waals surface area contributed by atoms with Gasteiger partial charge in [-0.3, -0.25) is 4.79 Å². The molecule has 0 fully saturated rings. The fourth-order valence-electron chi connectivity index (χ4n) is 4.23. The van der Waals surface area contributed by atoms with Gasteiger partial charge >= 0.3 is 12.2 Å². The summed E-state index contributed by atoms with van der Waals surface area (Å²) >= 11 is 0. The maximum Gasteiger partial charge on any atom is 0.416 e. The van der Waals surface area contributed by atoms with Crippen LogP contribution >= 0.6 is 0 Å². The van der Waals surface area contributed by atoms with Gasteiger partial charge in [0.2, 0.25) is 5.91 Å². The molecule has 3 rings (SSSR count). The smallest absolute Gasteiger partial charge is 0.416 e. The number of halogens is 3. The zero-order valence-corrected chi connectivity index (χ0v) is 22.2. The number of rotatable bonds is 6. The third-order valence-electron chi connectivity index (χ3n) is 6.68. The number of amides is 3. The first kappa shape index (κ1) is 29.1. The number of alkyl halides is 3. The van der Waals surface area contributed by atoms with Crippen LogP contribution in [0.5, 0.6) is 5.75 Å². The number of fused-ring (bicyclic) bond motifs is 1. The van der Waals surface area contributed by atoms with Crippen molar-refractivity contribution >= 4 is 23.3 Å². The van der Waals surface area contributed by atoms with E-state index in [0.717, 1.165) is 17.8 Å². The van der Waals surface area contributed by atoms with Crippen molar-refractivity contribution < 1.29 is 32.6 Å². The Morgan fingerprint density at radius 1 is 1.18 bits per heavy atom. The van der Waals surface area contributed by atoms with Gasteiger partial charge in [-0.25, -0.2) is 4.79 Å². The van der Waals surface area contributed by atoms with Gasteiger partial charge in [0.1, 0.15) is 11.9 Å². The molecule has 0 bridgehead atoms. The van der Waals surface area contributed by atoms with Crippen molar-refractivity contribution in [3.63, 3.8) is 0 Å². The van der Waals surface area contributed by atoms with E-state index in [4.69, 9.17) is 4.74 Å². The number of urea groups is 1. The minimum atomic E-state index is -4.46. The molecule has 38 heavy (non-hydrogen) atoms. The van der Waals surface area contributed by atoms with E-state index >= 15 is 0 Å². The average molecular weight is 537 g/mol. The standard InChI is InChI=1S/C27H35F3N4O4/c1-17-14-34(18(2)16-35)25(36)13-19-12-22(32(3)4)10-11-23(19)38-24(17)15-33(5)26(37)31-21-8-6-20(7-9-21)27(28,29)30/h6-12,17-18,24,35H,13-16H2,1-5H3,(H,31,37)/t17-,18+,24+/m0/s1. The van der Waals surface area contributed by atoms with Gasteiger partial charge < -0.3 is 29.9 Å². The van der Waals surface area contributed by atoms with Gasteiger partial charge in [-0.15, -0.1) is 0 Å². The van der Waals surface area contributed by atoms with Gasteiger partial charge in [0.25, 0.3) is 0 Å². The van der Waals surface area contributed by atoms with E-state index < -0.39 is 29.9 Å². The van der Waals surface area contributed by atoms with Gasteiger partial charge in [-0.05, 0) is 49.4 Å². The molecular weight excluding hydrogens is 501 g/mol. The Hall–Kier alpha value is -3.47. The van der Waals surface area contributed by atoms with E-state index in [1.54, 1.807) is 18.9 Å². The Balaban J connectivity index is 1.83. The fourth-order valence-corrected chi connectivity index (χ4v) is 4.23. The van der Waals surface area contributed by atoms with Crippen molar-refractivity contribution in [2.24, 2.45) is 5.92 Å². The minimum Gasteiger partial charge on any atom is -0.488 e. The number of nitrogens with one attached hydrogen (secondary N) is 1. The molecule has 8 nitrogen and oxygen atoms in total. The quantitative estimate of drug-likeness (QED) is 0.581. The van der Waals surface area contributed by atoms with Crippen LogP contribution in [0.3, 0.4) is 0 Å². The Kier molecular flexibility index (Phi) is 9.14. The van der Waals surface area contributed by atoms with Crippen molar-refractivity contribution in [2.75, 3.05) is 51.1 Å². The second-order valence-corrected chi connectivity index (χ2v) is 9.96. The molecular formula is C27H35F3N4O4. The first-order chi connectivity index (χ1) is 17.8. The van der Waals surface area contributed by atoms with E-state index in [1.165, 1.54) is 17.0 Å². The van der Waals surface area contributed by atoms with Gasteiger partial charge in [-0.2, -0.15) is 13.2 Å². The lowest BCUT2D eigenvalue weighted by Gasteiger charge is -2.34. The SMILES string of the molecule is C[C@H](CO)N1C[C@H](C)[C@@H](CN(C)C(=O)Nc2ccc(C(F)(F)F)cc2)Oc2ccc(N(C)C)cc2CC1=O. The third-order valence-corrected chi connectivity index (χ3v) is 6.68. The van der Waals surface area contributed by atoms with Crippen LogP contribution in [0.25, 0.3) is 0 Å². The molecule has 3 amide bonds. The number of carbonyl (C=O) groups is 2. The molecule has 2 N–H and O–H groups in total. The summed E-state index contributed by atoms with van der Waals surface area (Å²) in [5.41, 5.74) is 1.03. The Bertz CT molecular complexity index is 1120. The summed E-state index contributed by atoms with van der Waals surface area (Å²) < 4.78 is 44.9. The first-order valence-electron chi connectivity index (χ1n) is 12.4. The monoisotopic (exact) mass is 536 g/mol. The summed E-state index contributed by atoms with van der Waals surface area (Å²) in [6.45, 7) is 3.96. The topological polar surface area (TPSA) is 85.3 Å². The number of ether oxygens (including phenoxy) is 1. The van der Waals surface area contributed by atoms with Crippen LogP contribution in [0, 0.1) is 5.92 Å². The number of hydrogen-bond acceptors (Lipinski definition) is 5. The maximum absolute atomic E-state index is 13.2. The third kappa shape index (κ3) is 7.09. The molecule has 1 aliphatic rings. The molecule has 3 atom stereocenters. The molecule has 2 aromatic carbocycles. The lowest BCUT2D eigenvalue weighted by molar-refractivity contribution is -0.137. The molecule has 1 aliphatic heterocycles. The van der Waals surface area contributed by atoms with Gasteiger partial charge in [0, 0.05) is 50.5 Å². The van der Waals surface area contributed by atoms with E-state index in [1.807, 2.05) is 44.1 Å². The number of likely N-dealkylation sites (N-methyl/N-ethyl adjacent to an activating group) is 1. The molecule has 11 heteroatoms. The van der Waals surface area contributed by atoms with Crippen LogP contribution in [0.4, 0.5) is 29.3 Å². The molecule has 208 valence electrons. The van der Waals surface area contributed by atoms with Crippen molar-refractivity contribution in [3.05, 3.63) is 53.6 Å². The maximum atomic E-state index is 13.2. The zero-order valence-electron chi connectivity index (χ0n) is 22.2. The second kappa shape index (κ2) is 11.9. The molecule has 0 radical (unpaired) electrons. The molecule has 2 aromatic rings. The highest BCUT2D eigenvalue weighted by Crippen LogP contribution is 2.31. The number of carbonyl (C=O) groups excluding carboxylic acids is 2. The van der Waals surface area contributed by atoms with Gasteiger partial charge in [-0.1, -0.05) is 6.92 Å². The number of aliphatic hydroxyl groups is 1. The van der Waals surface area contributed by atoms with Crippen LogP contribution < -0.4 is 15.0 Å². The van der Waals surface area contributed by atoms with Crippen molar-refractivity contribution in [2.45, 2.75) is 38.6 Å². The largest absolute Gasteiger partial charge is 0.488 e. The Labute approximate surface area is 221 Å². The van der Waals surface area contributed by atoms with Crippen LogP contribution in [0.1, 0.15) is 25.0 Å². The molecule has 0 aliphatic carbocycles. The summed E-state index contributed by atoms with van der Waals surface area (Å²) in [7, 11) is 5.36. The van der Waals surface area contributed by atoms with Gasteiger partial charge in [0.05, 0.1) is 31.2 Å². The lowest BCUT2D eigenvalue weighted by Crippen LogP contribution is -2.48. The zero-order chi connectivity index (χ0) is 28.2. The predicted octanol–water partition coefficient (Wildman–Crippen LogP) is 4.08. The molecule has 1 heterocycles. The number of anilines is 2. The molecule has 0 unspecified atom stereocenters. The van der Waals surface area contributed by atoms with E-state index in [0.29, 0.717) is 17.9 Å². The van der Waals surface area contributed by atoms with E-state index in [2.05, 4.69) is 5.32 Å². The number of benzene rings is 2. The highest BCUT2D eigenvalue weighted by molar-refractivity contribution is 5.89. The van der Waals surface area contributed by atoms with Gasteiger partial charge in [0.15, 0.2) is 0 Å². The number of aliphatic hydroxyl groups excluding tert-OH is 1. The predicted molar refractivity (Wildman–Crippen MR) is 139 cm³/mol. The van der Waals surface area contributed by atoms with Crippen LogP contribution in [0.2, 0.25) is 0 Å². The Morgan fingerprint density at radius 2 is 1.84 bits per heavy atom. The summed E-state index contributed by atoms with van der Waals surface area (Å²) in [4.78, 5) is 31.1. The van der Waals surface area contributed by atoms with Crippen molar-refractivity contribution in [3.8, 4) is 5.75 Å². The fraction of sp³-hybridized carbons (Fsp3) is 0.481. The van der Waals surface area contributed by atoms with Crippen LogP contribution in [-0.2, 0) is 17.4 Å².